The van der Waals surface area contributed by atoms with Gasteiger partial charge in [0.2, 0.25) is 0 Å². The molecule has 1 unspecified atom stereocenters. The maximum absolute atomic E-state index is 12.5. The number of hydrogen-bond acceptors (Lipinski definition) is 2. The van der Waals surface area contributed by atoms with Crippen LogP contribution in [0.15, 0.2) is 12.4 Å². The molecule has 0 bridgehead atoms. The third-order valence-electron chi connectivity index (χ3n) is 2.37. The van der Waals surface area contributed by atoms with Gasteiger partial charge in [0, 0.05) is 25.9 Å². The zero-order valence-corrected chi connectivity index (χ0v) is 9.08. The molecular weight excluding hydrogens is 200 g/mol. The van der Waals surface area contributed by atoms with Gasteiger partial charge in [-0.1, -0.05) is 6.92 Å². The van der Waals surface area contributed by atoms with Crippen molar-refractivity contribution in [1.29, 1.82) is 0 Å². The lowest BCUT2D eigenvalue weighted by Crippen LogP contribution is -2.36. The fraction of sp³-hybridized carbons (Fsp3) is 0.700. The number of alkyl halides is 2. The van der Waals surface area contributed by atoms with Gasteiger partial charge in [0.05, 0.1) is 6.04 Å². The summed E-state index contributed by atoms with van der Waals surface area (Å²) in [5.41, 5.74) is 0. The second-order valence-corrected chi connectivity index (χ2v) is 3.49. The largest absolute Gasteiger partial charge is 0.338 e. The average molecular weight is 217 g/mol. The Hall–Kier alpha value is -0.970. The van der Waals surface area contributed by atoms with E-state index in [0.717, 1.165) is 5.82 Å². The molecule has 3 nitrogen and oxygen atoms in total. The predicted octanol–water partition coefficient (Wildman–Crippen LogP) is 1.60. The first kappa shape index (κ1) is 12.1. The molecule has 0 amide bonds. The van der Waals surface area contributed by atoms with E-state index in [9.17, 15) is 8.78 Å². The number of nitrogens with zero attached hydrogens (tertiary/aromatic N) is 2. The molecule has 1 aromatic heterocycles. The van der Waals surface area contributed by atoms with Crippen molar-refractivity contribution in [2.75, 3.05) is 6.54 Å². The Morgan fingerprint density at radius 1 is 1.53 bits per heavy atom. The highest BCUT2D eigenvalue weighted by atomic mass is 19.3. The molecule has 0 aromatic carbocycles. The number of aromatic nitrogens is 2. The van der Waals surface area contributed by atoms with Crippen molar-refractivity contribution >= 4 is 0 Å². The van der Waals surface area contributed by atoms with Gasteiger partial charge >= 0.3 is 0 Å². The Morgan fingerprint density at radius 3 is 2.73 bits per heavy atom. The van der Waals surface area contributed by atoms with Crippen molar-refractivity contribution in [3.63, 3.8) is 0 Å². The molecular formula is C10H17F2N3. The van der Waals surface area contributed by atoms with Crippen molar-refractivity contribution < 1.29 is 8.78 Å². The Balaban J connectivity index is 2.43. The van der Waals surface area contributed by atoms with Gasteiger partial charge in [-0.25, -0.2) is 13.8 Å². The molecule has 0 spiro atoms. The van der Waals surface area contributed by atoms with Gasteiger partial charge in [-0.3, -0.25) is 0 Å². The van der Waals surface area contributed by atoms with Gasteiger partial charge in [0.15, 0.2) is 0 Å². The number of rotatable bonds is 6. The third-order valence-corrected chi connectivity index (χ3v) is 2.37. The molecule has 1 N–H and O–H groups in total. The first-order valence-corrected chi connectivity index (χ1v) is 5.13. The summed E-state index contributed by atoms with van der Waals surface area (Å²) < 4.78 is 26.9. The van der Waals surface area contributed by atoms with Crippen molar-refractivity contribution in [3.8, 4) is 0 Å². The van der Waals surface area contributed by atoms with Crippen LogP contribution in [0.5, 0.6) is 0 Å². The standard InChI is InChI=1S/C10H17F2N3/c1-3-13-8(10(11)12)4-5-9-14-6-7-15(9)2/h6-8,10,13H,3-5H2,1-2H3. The number of aryl methyl sites for hydroxylation is 2. The van der Waals surface area contributed by atoms with Crippen LogP contribution in [0.4, 0.5) is 8.78 Å². The van der Waals surface area contributed by atoms with Crippen molar-refractivity contribution in [1.82, 2.24) is 14.9 Å². The highest BCUT2D eigenvalue weighted by molar-refractivity contribution is 4.92. The first-order valence-electron chi connectivity index (χ1n) is 5.13. The molecule has 1 rings (SSSR count). The molecule has 0 saturated carbocycles. The minimum Gasteiger partial charge on any atom is -0.338 e. The number of hydrogen-bond donors (Lipinski definition) is 1. The zero-order chi connectivity index (χ0) is 11.3. The molecule has 0 aliphatic heterocycles. The normalized spacial score (nSPS) is 13.4. The van der Waals surface area contributed by atoms with E-state index in [1.165, 1.54) is 0 Å². The van der Waals surface area contributed by atoms with Crippen LogP contribution >= 0.6 is 0 Å². The monoisotopic (exact) mass is 217 g/mol. The van der Waals surface area contributed by atoms with E-state index < -0.39 is 12.5 Å². The molecule has 1 atom stereocenters. The fourth-order valence-electron chi connectivity index (χ4n) is 1.50. The minimum atomic E-state index is -2.31. The zero-order valence-electron chi connectivity index (χ0n) is 9.08. The summed E-state index contributed by atoms with van der Waals surface area (Å²) in [7, 11) is 1.87. The Labute approximate surface area is 88.5 Å². The molecule has 1 heterocycles. The second kappa shape index (κ2) is 5.80. The predicted molar refractivity (Wildman–Crippen MR) is 55.0 cm³/mol. The van der Waals surface area contributed by atoms with Gasteiger partial charge < -0.3 is 9.88 Å². The maximum Gasteiger partial charge on any atom is 0.253 e. The van der Waals surface area contributed by atoms with Crippen molar-refractivity contribution in [2.24, 2.45) is 7.05 Å². The lowest BCUT2D eigenvalue weighted by molar-refractivity contribution is 0.0948. The van der Waals surface area contributed by atoms with Crippen molar-refractivity contribution in [3.05, 3.63) is 18.2 Å². The van der Waals surface area contributed by atoms with Crippen LogP contribution in [0.3, 0.4) is 0 Å². The topological polar surface area (TPSA) is 29.9 Å². The Bertz CT molecular complexity index is 286. The molecule has 15 heavy (non-hydrogen) atoms. The van der Waals surface area contributed by atoms with E-state index in [1.54, 1.807) is 6.20 Å². The highest BCUT2D eigenvalue weighted by Crippen LogP contribution is 2.09. The lowest BCUT2D eigenvalue weighted by atomic mass is 10.1. The molecule has 0 saturated heterocycles. The van der Waals surface area contributed by atoms with Crippen LogP contribution in [0.1, 0.15) is 19.2 Å². The SMILES string of the molecule is CCNC(CCc1nccn1C)C(F)F. The van der Waals surface area contributed by atoms with Crippen LogP contribution in [-0.4, -0.2) is 28.6 Å². The first-order chi connectivity index (χ1) is 7.15. The Kier molecular flexibility index (Phi) is 4.68. The fourth-order valence-corrected chi connectivity index (χ4v) is 1.50. The average Bonchev–Trinajstić information content (AvgIpc) is 2.58. The van der Waals surface area contributed by atoms with Gasteiger partial charge in [-0.2, -0.15) is 0 Å². The summed E-state index contributed by atoms with van der Waals surface area (Å²) in [6.45, 7) is 2.39. The van der Waals surface area contributed by atoms with Crippen LogP contribution in [0.2, 0.25) is 0 Å². The van der Waals surface area contributed by atoms with E-state index in [4.69, 9.17) is 0 Å². The molecule has 86 valence electrons. The van der Waals surface area contributed by atoms with Gasteiger partial charge in [-0.05, 0) is 13.0 Å². The highest BCUT2D eigenvalue weighted by Gasteiger charge is 2.19. The maximum atomic E-state index is 12.5. The number of nitrogens with one attached hydrogen (secondary N) is 1. The molecule has 5 heteroatoms. The van der Waals surface area contributed by atoms with Gasteiger partial charge in [0.1, 0.15) is 5.82 Å². The molecule has 0 fully saturated rings. The van der Waals surface area contributed by atoms with Crippen LogP contribution < -0.4 is 5.32 Å². The summed E-state index contributed by atoms with van der Waals surface area (Å²) in [6, 6.07) is -0.730. The number of halogens is 2. The quantitative estimate of drug-likeness (QED) is 0.784. The Morgan fingerprint density at radius 2 is 2.27 bits per heavy atom. The number of imidazole rings is 1. The molecule has 0 aliphatic rings. The second-order valence-electron chi connectivity index (χ2n) is 3.49. The summed E-state index contributed by atoms with van der Waals surface area (Å²) in [6.07, 6.45) is 2.17. The molecule has 0 radical (unpaired) electrons. The van der Waals surface area contributed by atoms with E-state index in [2.05, 4.69) is 10.3 Å². The lowest BCUT2D eigenvalue weighted by Gasteiger charge is -2.16. The van der Waals surface area contributed by atoms with Crippen LogP contribution in [0.25, 0.3) is 0 Å². The van der Waals surface area contributed by atoms with Gasteiger partial charge in [-0.15, -0.1) is 0 Å². The molecule has 1 aromatic rings. The van der Waals surface area contributed by atoms with E-state index >= 15 is 0 Å². The summed E-state index contributed by atoms with van der Waals surface area (Å²) >= 11 is 0. The van der Waals surface area contributed by atoms with Gasteiger partial charge in [0.25, 0.3) is 6.43 Å². The van der Waals surface area contributed by atoms with Crippen LogP contribution in [-0.2, 0) is 13.5 Å². The van der Waals surface area contributed by atoms with Crippen LogP contribution in [0, 0.1) is 0 Å². The molecule has 0 aliphatic carbocycles. The summed E-state index contributed by atoms with van der Waals surface area (Å²) in [5, 5.41) is 2.78. The summed E-state index contributed by atoms with van der Waals surface area (Å²) in [4.78, 5) is 4.10. The van der Waals surface area contributed by atoms with Crippen molar-refractivity contribution in [2.45, 2.75) is 32.2 Å². The minimum absolute atomic E-state index is 0.413. The summed E-state index contributed by atoms with van der Waals surface area (Å²) in [5.74, 6) is 0.846. The van der Waals surface area contributed by atoms with E-state index in [1.807, 2.05) is 24.7 Å². The third kappa shape index (κ3) is 3.58. The van der Waals surface area contributed by atoms with E-state index in [-0.39, 0.29) is 0 Å². The smallest absolute Gasteiger partial charge is 0.253 e. The van der Waals surface area contributed by atoms with E-state index in [0.29, 0.717) is 19.4 Å².